The second-order valence-corrected chi connectivity index (χ2v) is 6.50. The van der Waals surface area contributed by atoms with Crippen LogP contribution in [-0.2, 0) is 23.2 Å². The van der Waals surface area contributed by atoms with E-state index in [1.807, 2.05) is 33.9 Å². The molecule has 0 aliphatic carbocycles. The van der Waals surface area contributed by atoms with E-state index < -0.39 is 11.1 Å². The lowest BCUT2D eigenvalue weighted by molar-refractivity contribution is -0.162. The molecule has 0 bridgehead atoms. The number of hydrogen-bond donors (Lipinski definition) is 1. The molecule has 1 aliphatic heterocycles. The summed E-state index contributed by atoms with van der Waals surface area (Å²) in [5.41, 5.74) is 0.120. The predicted octanol–water partition coefficient (Wildman–Crippen LogP) is 1.13. The van der Waals surface area contributed by atoms with E-state index in [1.165, 1.54) is 0 Å². The summed E-state index contributed by atoms with van der Waals surface area (Å²) in [5.74, 6) is -0.168. The van der Waals surface area contributed by atoms with Crippen LogP contribution in [0, 0.1) is 6.92 Å². The van der Waals surface area contributed by atoms with Gasteiger partial charge in [-0.3, -0.25) is 14.3 Å². The van der Waals surface area contributed by atoms with E-state index in [1.54, 1.807) is 23.4 Å². The molecule has 1 aromatic rings. The Bertz CT molecular complexity index is 590. The van der Waals surface area contributed by atoms with Crippen molar-refractivity contribution in [2.45, 2.75) is 58.7 Å². The summed E-state index contributed by atoms with van der Waals surface area (Å²) < 4.78 is 1.76. The van der Waals surface area contributed by atoms with Gasteiger partial charge in [-0.15, -0.1) is 0 Å². The number of carbonyl (C=O) groups is 2. The van der Waals surface area contributed by atoms with E-state index in [2.05, 4.69) is 10.4 Å². The Kier molecular flexibility index (Phi) is 3.59. The molecular weight excluding hydrogens is 268 g/mol. The van der Waals surface area contributed by atoms with E-state index in [-0.39, 0.29) is 11.8 Å². The van der Waals surface area contributed by atoms with Crippen molar-refractivity contribution in [3.63, 3.8) is 0 Å². The molecular formula is C15H24N4O2. The van der Waals surface area contributed by atoms with Crippen LogP contribution in [0.5, 0.6) is 0 Å². The molecule has 1 aliphatic rings. The average Bonchev–Trinajstić information content (AvgIpc) is 2.70. The van der Waals surface area contributed by atoms with Gasteiger partial charge < -0.3 is 10.2 Å². The first-order valence-corrected chi connectivity index (χ1v) is 7.26. The Balaban J connectivity index is 2.42. The standard InChI is InChI=1S/C15H24N4O2/c1-7-15(5)12(20)16-14(3,4)13(21)19(15)9-11-8-10(2)17-18(11)6/h8H,7,9H2,1-6H3,(H,16,20). The highest BCUT2D eigenvalue weighted by atomic mass is 16.2. The minimum Gasteiger partial charge on any atom is -0.340 e. The molecule has 1 unspecified atom stereocenters. The fourth-order valence-electron chi connectivity index (χ4n) is 2.73. The molecule has 0 radical (unpaired) electrons. The maximum atomic E-state index is 12.8. The van der Waals surface area contributed by atoms with Crippen LogP contribution in [0.1, 0.15) is 45.5 Å². The van der Waals surface area contributed by atoms with Crippen LogP contribution in [0.15, 0.2) is 6.07 Å². The van der Waals surface area contributed by atoms with Gasteiger partial charge in [-0.2, -0.15) is 5.10 Å². The molecule has 21 heavy (non-hydrogen) atoms. The van der Waals surface area contributed by atoms with Crippen molar-refractivity contribution < 1.29 is 9.59 Å². The van der Waals surface area contributed by atoms with E-state index in [9.17, 15) is 9.59 Å². The monoisotopic (exact) mass is 292 g/mol. The highest BCUT2D eigenvalue weighted by molar-refractivity contribution is 6.01. The Hall–Kier alpha value is -1.85. The summed E-state index contributed by atoms with van der Waals surface area (Å²) in [6, 6.07) is 1.95. The van der Waals surface area contributed by atoms with Gasteiger partial charge in [-0.25, -0.2) is 0 Å². The number of rotatable bonds is 3. The minimum absolute atomic E-state index is 0.0645. The first-order chi connectivity index (χ1) is 9.61. The van der Waals surface area contributed by atoms with Crippen molar-refractivity contribution in [2.75, 3.05) is 0 Å². The lowest BCUT2D eigenvalue weighted by Gasteiger charge is -2.48. The zero-order valence-electron chi connectivity index (χ0n) is 13.6. The highest BCUT2D eigenvalue weighted by Gasteiger charge is 2.51. The number of nitrogens with one attached hydrogen (secondary N) is 1. The Morgan fingerprint density at radius 1 is 1.29 bits per heavy atom. The summed E-state index contributed by atoms with van der Waals surface area (Å²) >= 11 is 0. The maximum absolute atomic E-state index is 12.8. The van der Waals surface area contributed by atoms with Crippen molar-refractivity contribution >= 4 is 11.8 Å². The van der Waals surface area contributed by atoms with Crippen molar-refractivity contribution in [2.24, 2.45) is 7.05 Å². The lowest BCUT2D eigenvalue weighted by atomic mass is 9.86. The van der Waals surface area contributed by atoms with Crippen LogP contribution in [0.25, 0.3) is 0 Å². The lowest BCUT2D eigenvalue weighted by Crippen LogP contribution is -2.72. The normalized spacial score (nSPS) is 25.1. The quantitative estimate of drug-likeness (QED) is 0.908. The third kappa shape index (κ3) is 2.43. The molecule has 0 aromatic carbocycles. The minimum atomic E-state index is -0.876. The van der Waals surface area contributed by atoms with Gasteiger partial charge in [0, 0.05) is 7.05 Å². The van der Waals surface area contributed by atoms with Gasteiger partial charge >= 0.3 is 0 Å². The first-order valence-electron chi connectivity index (χ1n) is 7.26. The zero-order valence-corrected chi connectivity index (χ0v) is 13.6. The molecule has 1 atom stereocenters. The van der Waals surface area contributed by atoms with Crippen LogP contribution in [-0.4, -0.2) is 37.6 Å². The van der Waals surface area contributed by atoms with Gasteiger partial charge in [0.15, 0.2) is 0 Å². The van der Waals surface area contributed by atoms with Gasteiger partial charge in [0.25, 0.3) is 0 Å². The number of aryl methyl sites for hydroxylation is 2. The molecule has 116 valence electrons. The molecule has 2 heterocycles. The van der Waals surface area contributed by atoms with Crippen molar-refractivity contribution in [3.05, 3.63) is 17.5 Å². The van der Waals surface area contributed by atoms with Crippen LogP contribution in [0.2, 0.25) is 0 Å². The van der Waals surface area contributed by atoms with Gasteiger partial charge in [0.1, 0.15) is 11.1 Å². The number of nitrogens with zero attached hydrogens (tertiary/aromatic N) is 3. The first kappa shape index (κ1) is 15.5. The number of amides is 2. The predicted molar refractivity (Wildman–Crippen MR) is 79.4 cm³/mol. The van der Waals surface area contributed by atoms with Crippen LogP contribution in [0.4, 0.5) is 0 Å². The fraction of sp³-hybridized carbons (Fsp3) is 0.667. The Morgan fingerprint density at radius 3 is 2.38 bits per heavy atom. The topological polar surface area (TPSA) is 67.2 Å². The molecule has 1 saturated heterocycles. The molecule has 6 heteroatoms. The third-order valence-electron chi connectivity index (χ3n) is 4.40. The average molecular weight is 292 g/mol. The Labute approximate surface area is 125 Å². The Morgan fingerprint density at radius 2 is 1.90 bits per heavy atom. The molecule has 2 rings (SSSR count). The summed E-state index contributed by atoms with van der Waals surface area (Å²) in [7, 11) is 1.85. The third-order valence-corrected chi connectivity index (χ3v) is 4.40. The summed E-state index contributed by atoms with van der Waals surface area (Å²) in [4.78, 5) is 26.9. The van der Waals surface area contributed by atoms with E-state index in [4.69, 9.17) is 0 Å². The fourth-order valence-corrected chi connectivity index (χ4v) is 2.73. The van der Waals surface area contributed by atoms with Gasteiger partial charge in [-0.1, -0.05) is 6.92 Å². The largest absolute Gasteiger partial charge is 0.340 e. The van der Waals surface area contributed by atoms with Gasteiger partial charge in [0.2, 0.25) is 11.8 Å². The number of carbonyl (C=O) groups excluding carboxylic acids is 2. The van der Waals surface area contributed by atoms with Crippen molar-refractivity contribution in [3.8, 4) is 0 Å². The molecule has 0 saturated carbocycles. The molecule has 1 N–H and O–H groups in total. The van der Waals surface area contributed by atoms with Crippen molar-refractivity contribution in [1.82, 2.24) is 20.0 Å². The SMILES string of the molecule is CCC1(C)C(=O)NC(C)(C)C(=O)N1Cc1cc(C)nn1C. The summed E-state index contributed by atoms with van der Waals surface area (Å²) in [5, 5.41) is 7.14. The summed E-state index contributed by atoms with van der Waals surface area (Å²) in [6.45, 7) is 9.52. The molecule has 2 amide bonds. The van der Waals surface area contributed by atoms with E-state index in [0.717, 1.165) is 11.4 Å². The number of piperazine rings is 1. The highest BCUT2D eigenvalue weighted by Crippen LogP contribution is 2.30. The van der Waals surface area contributed by atoms with Crippen LogP contribution in [0.3, 0.4) is 0 Å². The van der Waals surface area contributed by atoms with E-state index >= 15 is 0 Å². The maximum Gasteiger partial charge on any atom is 0.248 e. The van der Waals surface area contributed by atoms with Crippen LogP contribution < -0.4 is 5.32 Å². The van der Waals surface area contributed by atoms with Gasteiger partial charge in [0.05, 0.1) is 17.9 Å². The zero-order chi connectivity index (χ0) is 16.0. The second-order valence-electron chi connectivity index (χ2n) is 6.50. The number of aromatic nitrogens is 2. The summed E-state index contributed by atoms with van der Waals surface area (Å²) in [6.07, 6.45) is 0.567. The van der Waals surface area contributed by atoms with E-state index in [0.29, 0.717) is 13.0 Å². The second kappa shape index (κ2) is 4.86. The van der Waals surface area contributed by atoms with Gasteiger partial charge in [-0.05, 0) is 40.2 Å². The molecule has 6 nitrogen and oxygen atoms in total. The smallest absolute Gasteiger partial charge is 0.248 e. The number of hydrogen-bond acceptors (Lipinski definition) is 3. The molecule has 0 spiro atoms. The van der Waals surface area contributed by atoms with Crippen molar-refractivity contribution in [1.29, 1.82) is 0 Å². The van der Waals surface area contributed by atoms with Crippen LogP contribution >= 0.6 is 0 Å². The molecule has 1 aromatic heterocycles. The molecule has 1 fully saturated rings.